The number of nitriles is 1. The summed E-state index contributed by atoms with van der Waals surface area (Å²) in [6.45, 7) is 5.46. The molecule has 4 nitrogen and oxygen atoms in total. The minimum atomic E-state index is -0.657. The van der Waals surface area contributed by atoms with Gasteiger partial charge in [-0.3, -0.25) is 9.69 Å². The van der Waals surface area contributed by atoms with Crippen LogP contribution in [-0.4, -0.2) is 35.5 Å². The van der Waals surface area contributed by atoms with Gasteiger partial charge in [0.15, 0.2) is 0 Å². The fourth-order valence-electron chi connectivity index (χ4n) is 2.79. The van der Waals surface area contributed by atoms with E-state index in [2.05, 4.69) is 23.2 Å². The quantitative estimate of drug-likeness (QED) is 0.824. The zero-order valence-electron chi connectivity index (χ0n) is 11.4. The fraction of sp³-hybridized carbons (Fsp3) is 0.857. The van der Waals surface area contributed by atoms with Crippen molar-refractivity contribution in [1.29, 1.82) is 5.26 Å². The molecular weight excluding hydrogens is 226 g/mol. The van der Waals surface area contributed by atoms with E-state index < -0.39 is 5.54 Å². The zero-order chi connectivity index (χ0) is 13.2. The van der Waals surface area contributed by atoms with E-state index in [4.69, 9.17) is 0 Å². The third-order valence-corrected chi connectivity index (χ3v) is 4.31. The smallest absolute Gasteiger partial charge is 0.235 e. The van der Waals surface area contributed by atoms with Crippen LogP contribution in [0.2, 0.25) is 0 Å². The zero-order valence-corrected chi connectivity index (χ0v) is 11.4. The van der Waals surface area contributed by atoms with E-state index in [9.17, 15) is 10.1 Å². The second-order valence-corrected chi connectivity index (χ2v) is 5.95. The molecule has 2 atom stereocenters. The molecule has 0 radical (unpaired) electrons. The Morgan fingerprint density at radius 1 is 1.44 bits per heavy atom. The van der Waals surface area contributed by atoms with Crippen molar-refractivity contribution in [2.24, 2.45) is 5.92 Å². The summed E-state index contributed by atoms with van der Waals surface area (Å²) in [7, 11) is 0. The van der Waals surface area contributed by atoms with Gasteiger partial charge in [-0.1, -0.05) is 6.42 Å². The van der Waals surface area contributed by atoms with Crippen LogP contribution in [0.25, 0.3) is 0 Å². The van der Waals surface area contributed by atoms with Gasteiger partial charge in [-0.2, -0.15) is 5.26 Å². The van der Waals surface area contributed by atoms with Crippen molar-refractivity contribution in [2.45, 2.75) is 57.5 Å². The van der Waals surface area contributed by atoms with Gasteiger partial charge in [0.05, 0.1) is 12.6 Å². The minimum Gasteiger partial charge on any atom is -0.337 e. The molecule has 2 unspecified atom stereocenters. The number of nitrogens with zero attached hydrogens (tertiary/aromatic N) is 2. The molecule has 1 aliphatic carbocycles. The minimum absolute atomic E-state index is 0.000278. The highest BCUT2D eigenvalue weighted by molar-refractivity contribution is 5.79. The Morgan fingerprint density at radius 2 is 2.17 bits per heavy atom. The largest absolute Gasteiger partial charge is 0.337 e. The Bertz CT molecular complexity index is 359. The summed E-state index contributed by atoms with van der Waals surface area (Å²) in [5, 5.41) is 12.2. The first kappa shape index (κ1) is 13.4. The van der Waals surface area contributed by atoms with Gasteiger partial charge >= 0.3 is 0 Å². The number of amides is 1. The predicted octanol–water partition coefficient (Wildman–Crippen LogP) is 1.67. The van der Waals surface area contributed by atoms with Gasteiger partial charge in [-0.05, 0) is 52.0 Å². The van der Waals surface area contributed by atoms with Crippen LogP contribution in [0.1, 0.15) is 46.0 Å². The van der Waals surface area contributed by atoms with Crippen LogP contribution in [0.3, 0.4) is 0 Å². The van der Waals surface area contributed by atoms with Crippen LogP contribution in [-0.2, 0) is 4.79 Å². The number of nitrogens with one attached hydrogen (secondary N) is 1. The maximum atomic E-state index is 12.1. The highest BCUT2D eigenvalue weighted by Gasteiger charge is 2.43. The number of rotatable bonds is 4. The molecule has 1 heterocycles. The Labute approximate surface area is 109 Å². The maximum absolute atomic E-state index is 12.1. The van der Waals surface area contributed by atoms with E-state index in [0.717, 1.165) is 19.4 Å². The van der Waals surface area contributed by atoms with E-state index in [0.29, 0.717) is 18.5 Å². The molecule has 1 saturated carbocycles. The molecule has 1 aliphatic heterocycles. The van der Waals surface area contributed by atoms with Gasteiger partial charge in [0, 0.05) is 6.04 Å². The van der Waals surface area contributed by atoms with E-state index in [1.54, 1.807) is 0 Å². The predicted molar refractivity (Wildman–Crippen MR) is 69.8 cm³/mol. The van der Waals surface area contributed by atoms with Gasteiger partial charge in [0.1, 0.15) is 5.54 Å². The molecule has 0 aromatic heterocycles. The maximum Gasteiger partial charge on any atom is 0.235 e. The lowest BCUT2D eigenvalue weighted by molar-refractivity contribution is -0.124. The Hall–Kier alpha value is -1.08. The Balaban J connectivity index is 1.86. The number of hydrogen-bond acceptors (Lipinski definition) is 3. The van der Waals surface area contributed by atoms with Crippen molar-refractivity contribution in [3.63, 3.8) is 0 Å². The van der Waals surface area contributed by atoms with Gasteiger partial charge in [-0.15, -0.1) is 0 Å². The number of likely N-dealkylation sites (tertiary alicyclic amines) is 1. The number of hydrogen-bond donors (Lipinski definition) is 1. The van der Waals surface area contributed by atoms with Crippen LogP contribution >= 0.6 is 0 Å². The Kier molecular flexibility index (Phi) is 3.91. The lowest BCUT2D eigenvalue weighted by Gasteiger charge is -2.33. The normalized spacial score (nSPS) is 28.2. The van der Waals surface area contributed by atoms with E-state index >= 15 is 0 Å². The van der Waals surface area contributed by atoms with Crippen LogP contribution < -0.4 is 5.32 Å². The van der Waals surface area contributed by atoms with Crippen molar-refractivity contribution in [1.82, 2.24) is 10.2 Å². The van der Waals surface area contributed by atoms with Crippen molar-refractivity contribution in [3.05, 3.63) is 0 Å². The number of carbonyl (C=O) groups excluding carboxylic acids is 1. The summed E-state index contributed by atoms with van der Waals surface area (Å²) in [5.74, 6) is 0.352. The third-order valence-electron chi connectivity index (χ3n) is 4.31. The summed E-state index contributed by atoms with van der Waals surface area (Å²) < 4.78 is 0. The summed E-state index contributed by atoms with van der Waals surface area (Å²) in [6.07, 6.45) is 5.73. The van der Waals surface area contributed by atoms with Crippen molar-refractivity contribution >= 4 is 5.91 Å². The van der Waals surface area contributed by atoms with Gasteiger partial charge in [0.2, 0.25) is 5.91 Å². The summed E-state index contributed by atoms with van der Waals surface area (Å²) in [5.41, 5.74) is -0.657. The van der Waals surface area contributed by atoms with E-state index in [1.807, 2.05) is 6.92 Å². The average molecular weight is 249 g/mol. The molecule has 2 aliphatic rings. The second-order valence-electron chi connectivity index (χ2n) is 5.95. The average Bonchev–Trinajstić information content (AvgIpc) is 3.16. The molecule has 18 heavy (non-hydrogen) atoms. The molecule has 2 rings (SSSR count). The first-order valence-electron chi connectivity index (χ1n) is 7.01. The first-order valence-corrected chi connectivity index (χ1v) is 7.01. The highest BCUT2D eigenvalue weighted by Crippen LogP contribution is 2.39. The molecular formula is C14H23N3O. The second kappa shape index (κ2) is 5.27. The topological polar surface area (TPSA) is 56.1 Å². The fourth-order valence-corrected chi connectivity index (χ4v) is 2.79. The van der Waals surface area contributed by atoms with Crippen LogP contribution in [0.4, 0.5) is 0 Å². The lowest BCUT2D eigenvalue weighted by atomic mass is 9.97. The molecule has 4 heteroatoms. The van der Waals surface area contributed by atoms with Crippen molar-refractivity contribution in [3.8, 4) is 6.07 Å². The van der Waals surface area contributed by atoms with Crippen LogP contribution in [0.5, 0.6) is 0 Å². The van der Waals surface area contributed by atoms with Crippen LogP contribution in [0, 0.1) is 17.2 Å². The summed E-state index contributed by atoms with van der Waals surface area (Å²) >= 11 is 0. The van der Waals surface area contributed by atoms with Gasteiger partial charge in [0.25, 0.3) is 0 Å². The lowest BCUT2D eigenvalue weighted by Crippen LogP contribution is -2.52. The third kappa shape index (κ3) is 3.02. The molecule has 0 bridgehead atoms. The molecule has 1 amide bonds. The van der Waals surface area contributed by atoms with E-state index in [-0.39, 0.29) is 5.91 Å². The molecule has 0 spiro atoms. The number of carbonyl (C=O) groups is 1. The standard InChI is InChI=1S/C14H23N3O/c1-11-5-3-4-8-17(11)9-13(18)16-14(2,10-15)12-6-7-12/h11-12H,3-9H2,1-2H3,(H,16,18). The number of piperidine rings is 1. The van der Waals surface area contributed by atoms with Crippen LogP contribution in [0.15, 0.2) is 0 Å². The first-order chi connectivity index (χ1) is 8.55. The molecule has 0 aromatic carbocycles. The van der Waals surface area contributed by atoms with E-state index in [1.165, 1.54) is 19.3 Å². The molecule has 1 N–H and O–H groups in total. The van der Waals surface area contributed by atoms with Crippen molar-refractivity contribution < 1.29 is 4.79 Å². The summed E-state index contributed by atoms with van der Waals surface area (Å²) in [6, 6.07) is 2.75. The van der Waals surface area contributed by atoms with Crippen molar-refractivity contribution in [2.75, 3.05) is 13.1 Å². The Morgan fingerprint density at radius 3 is 2.72 bits per heavy atom. The highest BCUT2D eigenvalue weighted by atomic mass is 16.2. The van der Waals surface area contributed by atoms with Gasteiger partial charge < -0.3 is 5.32 Å². The SMILES string of the molecule is CC1CCCCN1CC(=O)NC(C)(C#N)C1CC1. The monoisotopic (exact) mass is 249 g/mol. The molecule has 1 saturated heterocycles. The molecule has 0 aromatic rings. The molecule has 2 fully saturated rings. The van der Waals surface area contributed by atoms with Gasteiger partial charge in [-0.25, -0.2) is 0 Å². The summed E-state index contributed by atoms with van der Waals surface area (Å²) in [4.78, 5) is 14.3. The molecule has 100 valence electrons.